The number of hydrogen-bond donors (Lipinski definition) is 1. The summed E-state index contributed by atoms with van der Waals surface area (Å²) in [6.07, 6.45) is 11.8. The Morgan fingerprint density at radius 1 is 1.33 bits per heavy atom. The van der Waals surface area contributed by atoms with Crippen molar-refractivity contribution in [3.63, 3.8) is 0 Å². The molecule has 0 aromatic carbocycles. The van der Waals surface area contributed by atoms with Crippen molar-refractivity contribution in [2.45, 2.75) is 63.8 Å². The van der Waals surface area contributed by atoms with Crippen LogP contribution in [0.5, 0.6) is 0 Å². The molecule has 3 nitrogen and oxygen atoms in total. The zero-order valence-electron chi connectivity index (χ0n) is 11.5. The molecule has 1 saturated heterocycles. The van der Waals surface area contributed by atoms with Crippen LogP contribution in [0, 0.1) is 0 Å². The van der Waals surface area contributed by atoms with Crippen LogP contribution in [0.4, 0.5) is 0 Å². The highest BCUT2D eigenvalue weighted by Crippen LogP contribution is 2.31. The van der Waals surface area contributed by atoms with Gasteiger partial charge in [-0.25, -0.2) is 0 Å². The molecule has 0 radical (unpaired) electrons. The van der Waals surface area contributed by atoms with E-state index in [1.165, 1.54) is 43.2 Å². The van der Waals surface area contributed by atoms with Crippen LogP contribution >= 0.6 is 0 Å². The second kappa shape index (κ2) is 5.06. The Kier molecular flexibility index (Phi) is 3.44. The lowest BCUT2D eigenvalue weighted by Gasteiger charge is -2.21. The third-order valence-electron chi connectivity index (χ3n) is 4.39. The van der Waals surface area contributed by atoms with Crippen molar-refractivity contribution in [3.05, 3.63) is 23.5 Å². The molecule has 100 valence electrons. The molecule has 3 heteroatoms. The summed E-state index contributed by atoms with van der Waals surface area (Å²) in [5, 5.41) is 3.43. The molecule has 3 unspecified atom stereocenters. The van der Waals surface area contributed by atoms with E-state index in [1.54, 1.807) is 0 Å². The van der Waals surface area contributed by atoms with Gasteiger partial charge in [-0.15, -0.1) is 0 Å². The van der Waals surface area contributed by atoms with Crippen molar-refractivity contribution in [3.8, 4) is 0 Å². The van der Waals surface area contributed by atoms with Crippen LogP contribution in [-0.2, 0) is 17.7 Å². The van der Waals surface area contributed by atoms with E-state index < -0.39 is 0 Å². The van der Waals surface area contributed by atoms with E-state index >= 15 is 0 Å². The van der Waals surface area contributed by atoms with E-state index in [9.17, 15) is 0 Å². The molecule has 2 heterocycles. The van der Waals surface area contributed by atoms with Crippen molar-refractivity contribution in [2.24, 2.45) is 0 Å². The standard InChI is InChI=1S/C15H24N2O/c1-11-6-7-13(18-11)9-17-8-12-4-3-5-15(16-2)14(12)10-17/h8,10-11,13,15-16H,3-7,9H2,1-2H3. The molecule has 2 aliphatic rings. The maximum atomic E-state index is 5.91. The minimum absolute atomic E-state index is 0.418. The van der Waals surface area contributed by atoms with E-state index in [0.29, 0.717) is 18.2 Å². The summed E-state index contributed by atoms with van der Waals surface area (Å²) in [6.45, 7) is 3.20. The fourth-order valence-electron chi connectivity index (χ4n) is 3.41. The van der Waals surface area contributed by atoms with Gasteiger partial charge in [-0.05, 0) is 57.2 Å². The van der Waals surface area contributed by atoms with E-state index in [2.05, 4.69) is 36.2 Å². The van der Waals surface area contributed by atoms with Crippen molar-refractivity contribution in [1.82, 2.24) is 9.88 Å². The normalized spacial score (nSPS) is 31.6. The minimum atomic E-state index is 0.418. The van der Waals surface area contributed by atoms with Gasteiger partial charge in [0.25, 0.3) is 0 Å². The molecule has 1 N–H and O–H groups in total. The summed E-state index contributed by atoms with van der Waals surface area (Å²) in [6, 6.07) is 0.554. The summed E-state index contributed by atoms with van der Waals surface area (Å²) in [5.41, 5.74) is 3.04. The number of rotatable bonds is 3. The molecule has 1 aliphatic carbocycles. The Morgan fingerprint density at radius 2 is 2.22 bits per heavy atom. The fourth-order valence-corrected chi connectivity index (χ4v) is 3.41. The number of fused-ring (bicyclic) bond motifs is 1. The predicted molar refractivity (Wildman–Crippen MR) is 72.7 cm³/mol. The second-order valence-electron chi connectivity index (χ2n) is 5.82. The summed E-state index contributed by atoms with van der Waals surface area (Å²) in [4.78, 5) is 0. The van der Waals surface area contributed by atoms with Gasteiger partial charge < -0.3 is 14.6 Å². The van der Waals surface area contributed by atoms with Crippen LogP contribution in [0.2, 0.25) is 0 Å². The zero-order valence-corrected chi connectivity index (χ0v) is 11.5. The number of nitrogens with one attached hydrogen (secondary N) is 1. The monoisotopic (exact) mass is 248 g/mol. The highest BCUT2D eigenvalue weighted by molar-refractivity contribution is 5.30. The van der Waals surface area contributed by atoms with Gasteiger partial charge >= 0.3 is 0 Å². The molecule has 0 saturated carbocycles. The number of aromatic nitrogens is 1. The molecule has 3 atom stereocenters. The lowest BCUT2D eigenvalue weighted by atomic mass is 9.91. The van der Waals surface area contributed by atoms with Gasteiger partial charge in [0.2, 0.25) is 0 Å². The SMILES string of the molecule is CNC1CCCc2cn(CC3CCC(C)O3)cc21. The zero-order chi connectivity index (χ0) is 12.5. The predicted octanol–water partition coefficient (Wildman–Crippen LogP) is 2.65. The van der Waals surface area contributed by atoms with E-state index in [0.717, 1.165) is 6.54 Å². The molecule has 0 amide bonds. The van der Waals surface area contributed by atoms with Crippen LogP contribution in [0.25, 0.3) is 0 Å². The lowest BCUT2D eigenvalue weighted by molar-refractivity contribution is 0.0458. The largest absolute Gasteiger partial charge is 0.373 e. The van der Waals surface area contributed by atoms with Gasteiger partial charge in [0.05, 0.1) is 12.2 Å². The third kappa shape index (κ3) is 2.34. The molecular formula is C15H24N2O. The average molecular weight is 248 g/mol. The maximum absolute atomic E-state index is 5.91. The average Bonchev–Trinajstić information content (AvgIpc) is 2.94. The molecule has 0 bridgehead atoms. The Morgan fingerprint density at radius 3 is 2.94 bits per heavy atom. The maximum Gasteiger partial charge on any atom is 0.0758 e. The molecule has 1 fully saturated rings. The fraction of sp³-hybridized carbons (Fsp3) is 0.733. The number of ether oxygens (including phenoxy) is 1. The van der Waals surface area contributed by atoms with Crippen molar-refractivity contribution in [2.75, 3.05) is 7.05 Å². The Labute approximate surface area is 110 Å². The first kappa shape index (κ1) is 12.2. The molecular weight excluding hydrogens is 224 g/mol. The Hall–Kier alpha value is -0.800. The smallest absolute Gasteiger partial charge is 0.0758 e. The van der Waals surface area contributed by atoms with Crippen LogP contribution < -0.4 is 5.32 Å². The van der Waals surface area contributed by atoms with Gasteiger partial charge in [-0.3, -0.25) is 0 Å². The van der Waals surface area contributed by atoms with Gasteiger partial charge in [-0.1, -0.05) is 0 Å². The molecule has 1 aromatic rings. The quantitative estimate of drug-likeness (QED) is 0.890. The molecule has 1 aliphatic heterocycles. The Balaban J connectivity index is 1.72. The molecule has 3 rings (SSSR count). The van der Waals surface area contributed by atoms with Gasteiger partial charge in [0, 0.05) is 25.0 Å². The summed E-state index contributed by atoms with van der Waals surface area (Å²) in [7, 11) is 2.07. The second-order valence-corrected chi connectivity index (χ2v) is 5.82. The van der Waals surface area contributed by atoms with Gasteiger partial charge in [-0.2, -0.15) is 0 Å². The van der Waals surface area contributed by atoms with Crippen molar-refractivity contribution >= 4 is 0 Å². The molecule has 0 spiro atoms. The number of nitrogens with zero attached hydrogens (tertiary/aromatic N) is 1. The van der Waals surface area contributed by atoms with Gasteiger partial charge in [0.15, 0.2) is 0 Å². The summed E-state index contributed by atoms with van der Waals surface area (Å²) in [5.74, 6) is 0. The number of hydrogen-bond acceptors (Lipinski definition) is 2. The highest BCUT2D eigenvalue weighted by Gasteiger charge is 2.24. The van der Waals surface area contributed by atoms with Gasteiger partial charge in [0.1, 0.15) is 0 Å². The molecule has 1 aromatic heterocycles. The van der Waals surface area contributed by atoms with E-state index in [4.69, 9.17) is 4.74 Å². The number of aryl methyl sites for hydroxylation is 1. The van der Waals surface area contributed by atoms with Crippen LogP contribution in [0.15, 0.2) is 12.4 Å². The van der Waals surface area contributed by atoms with E-state index in [1.807, 2.05) is 0 Å². The van der Waals surface area contributed by atoms with Crippen LogP contribution in [0.3, 0.4) is 0 Å². The Bertz CT molecular complexity index is 413. The molecule has 18 heavy (non-hydrogen) atoms. The highest BCUT2D eigenvalue weighted by atomic mass is 16.5. The van der Waals surface area contributed by atoms with Crippen LogP contribution in [-0.4, -0.2) is 23.8 Å². The lowest BCUT2D eigenvalue weighted by Crippen LogP contribution is -2.20. The summed E-state index contributed by atoms with van der Waals surface area (Å²) >= 11 is 0. The topological polar surface area (TPSA) is 26.2 Å². The van der Waals surface area contributed by atoms with E-state index in [-0.39, 0.29) is 0 Å². The third-order valence-corrected chi connectivity index (χ3v) is 4.39. The van der Waals surface area contributed by atoms with Crippen LogP contribution in [0.1, 0.15) is 49.8 Å². The first-order valence-electron chi connectivity index (χ1n) is 7.27. The minimum Gasteiger partial charge on any atom is -0.373 e. The first-order chi connectivity index (χ1) is 8.76. The van der Waals surface area contributed by atoms with Crippen molar-refractivity contribution < 1.29 is 4.74 Å². The van der Waals surface area contributed by atoms with Crippen molar-refractivity contribution in [1.29, 1.82) is 0 Å². The summed E-state index contributed by atoms with van der Waals surface area (Å²) < 4.78 is 8.26. The first-order valence-corrected chi connectivity index (χ1v) is 7.27.